The molecule has 1 atom stereocenters. The summed E-state index contributed by atoms with van der Waals surface area (Å²) in [4.78, 5) is 11.3. The number of carbonyl (C=O) groups is 1. The lowest BCUT2D eigenvalue weighted by atomic mass is 10.0. The van der Waals surface area contributed by atoms with Gasteiger partial charge in [-0.15, -0.1) is 0 Å². The average Bonchev–Trinajstić information content (AvgIpc) is 2.66. The van der Waals surface area contributed by atoms with E-state index >= 15 is 0 Å². The zero-order valence-electron chi connectivity index (χ0n) is 15.9. The number of ether oxygens (including phenoxy) is 1. The third kappa shape index (κ3) is 4.32. The quantitative estimate of drug-likeness (QED) is 0.661. The van der Waals surface area contributed by atoms with Gasteiger partial charge in [-0.1, -0.05) is 36.4 Å². The van der Waals surface area contributed by atoms with Crippen molar-refractivity contribution in [2.75, 3.05) is 12.4 Å². The average molecular weight is 398 g/mol. The summed E-state index contributed by atoms with van der Waals surface area (Å²) in [5.41, 5.74) is 1.23. The molecule has 0 heterocycles. The summed E-state index contributed by atoms with van der Waals surface area (Å²) >= 11 is 0. The lowest BCUT2D eigenvalue weighted by molar-refractivity contribution is -0.114. The number of hydrogen-bond donors (Lipinski definition) is 2. The van der Waals surface area contributed by atoms with Crippen LogP contribution in [0.2, 0.25) is 0 Å². The van der Waals surface area contributed by atoms with Gasteiger partial charge in [-0.2, -0.15) is 0 Å². The van der Waals surface area contributed by atoms with E-state index in [0.717, 1.165) is 16.3 Å². The van der Waals surface area contributed by atoms with Crippen molar-refractivity contribution in [2.24, 2.45) is 0 Å². The summed E-state index contributed by atoms with van der Waals surface area (Å²) in [5, 5.41) is 4.71. The van der Waals surface area contributed by atoms with Crippen LogP contribution in [0, 0.1) is 0 Å². The van der Waals surface area contributed by atoms with E-state index in [4.69, 9.17) is 4.74 Å². The first-order chi connectivity index (χ1) is 13.3. The number of hydrogen-bond acceptors (Lipinski definition) is 4. The number of sulfonamides is 1. The minimum absolute atomic E-state index is 0.0334. The first-order valence-corrected chi connectivity index (χ1v) is 10.2. The number of fused-ring (bicyclic) bond motifs is 1. The molecule has 146 valence electrons. The van der Waals surface area contributed by atoms with Crippen LogP contribution in [0.5, 0.6) is 5.75 Å². The van der Waals surface area contributed by atoms with Gasteiger partial charge < -0.3 is 10.1 Å². The molecule has 0 saturated heterocycles. The maximum Gasteiger partial charge on any atom is 0.244 e. The summed E-state index contributed by atoms with van der Waals surface area (Å²) in [5.74, 6) is -0.0849. The molecule has 0 aliphatic carbocycles. The molecule has 0 aliphatic heterocycles. The van der Waals surface area contributed by atoms with Crippen LogP contribution in [0.4, 0.5) is 5.69 Å². The Labute approximate surface area is 164 Å². The van der Waals surface area contributed by atoms with Crippen molar-refractivity contribution in [3.8, 4) is 5.75 Å². The molecule has 6 nitrogen and oxygen atoms in total. The summed E-state index contributed by atoms with van der Waals surface area (Å²) in [6, 6.07) is 17.8. The second-order valence-electron chi connectivity index (χ2n) is 6.50. The van der Waals surface area contributed by atoms with Gasteiger partial charge in [-0.05, 0) is 47.5 Å². The summed E-state index contributed by atoms with van der Waals surface area (Å²) in [7, 11) is -2.49. The van der Waals surface area contributed by atoms with Crippen molar-refractivity contribution in [3.63, 3.8) is 0 Å². The predicted molar refractivity (Wildman–Crippen MR) is 110 cm³/mol. The highest BCUT2D eigenvalue weighted by molar-refractivity contribution is 7.89. The summed E-state index contributed by atoms with van der Waals surface area (Å²) in [6.07, 6.45) is 0. The van der Waals surface area contributed by atoms with Gasteiger partial charge in [0, 0.05) is 18.7 Å². The van der Waals surface area contributed by atoms with Gasteiger partial charge >= 0.3 is 0 Å². The van der Waals surface area contributed by atoms with E-state index in [-0.39, 0.29) is 16.6 Å². The fourth-order valence-electron chi connectivity index (χ4n) is 3.01. The second-order valence-corrected chi connectivity index (χ2v) is 8.18. The number of carbonyl (C=O) groups excluding carboxylic acids is 1. The van der Waals surface area contributed by atoms with Crippen LogP contribution >= 0.6 is 0 Å². The fraction of sp³-hybridized carbons (Fsp3) is 0.190. The molecule has 0 saturated carbocycles. The third-order valence-corrected chi connectivity index (χ3v) is 5.94. The van der Waals surface area contributed by atoms with Gasteiger partial charge in [0.15, 0.2) is 0 Å². The molecule has 0 radical (unpaired) electrons. The number of amides is 1. The molecule has 0 aromatic heterocycles. The van der Waals surface area contributed by atoms with Gasteiger partial charge in [0.25, 0.3) is 0 Å². The predicted octanol–water partition coefficient (Wildman–Crippen LogP) is 3.85. The number of methoxy groups -OCH3 is 1. The van der Waals surface area contributed by atoms with Crippen molar-refractivity contribution in [3.05, 3.63) is 66.2 Å². The maximum absolute atomic E-state index is 13.0. The van der Waals surface area contributed by atoms with E-state index in [9.17, 15) is 13.2 Å². The lowest BCUT2D eigenvalue weighted by Gasteiger charge is -2.17. The molecule has 3 aromatic carbocycles. The molecular weight excluding hydrogens is 376 g/mol. The molecule has 1 amide bonds. The number of benzene rings is 3. The molecule has 7 heteroatoms. The van der Waals surface area contributed by atoms with Crippen molar-refractivity contribution >= 4 is 32.4 Å². The van der Waals surface area contributed by atoms with Crippen molar-refractivity contribution < 1.29 is 17.9 Å². The highest BCUT2D eigenvalue weighted by atomic mass is 32.2. The van der Waals surface area contributed by atoms with Gasteiger partial charge in [0.2, 0.25) is 15.9 Å². The molecular formula is C21H22N2O4S. The second kappa shape index (κ2) is 8.00. The standard InChI is InChI=1S/C21H22N2O4S/c1-14(17-9-8-16-6-4-5-7-18(16)12-17)23-28(25,26)21-13-19(22-15(2)24)10-11-20(21)27-3/h4-14,23H,1-3H3,(H,22,24). The van der Waals surface area contributed by atoms with Gasteiger partial charge in [0.05, 0.1) is 7.11 Å². The number of anilines is 1. The van der Waals surface area contributed by atoms with Crippen LogP contribution in [0.25, 0.3) is 10.8 Å². The van der Waals surface area contributed by atoms with Crippen LogP contribution in [0.3, 0.4) is 0 Å². The van der Waals surface area contributed by atoms with E-state index in [2.05, 4.69) is 10.0 Å². The van der Waals surface area contributed by atoms with Crippen LogP contribution in [0.15, 0.2) is 65.6 Å². The van der Waals surface area contributed by atoms with Crippen molar-refractivity contribution in [1.29, 1.82) is 0 Å². The first-order valence-electron chi connectivity index (χ1n) is 8.77. The first kappa shape index (κ1) is 19.9. The van der Waals surface area contributed by atoms with Crippen LogP contribution in [0.1, 0.15) is 25.5 Å². The minimum atomic E-state index is -3.89. The van der Waals surface area contributed by atoms with Gasteiger partial charge in [0.1, 0.15) is 10.6 Å². The third-order valence-electron chi connectivity index (χ3n) is 4.38. The molecule has 28 heavy (non-hydrogen) atoms. The molecule has 0 spiro atoms. The zero-order valence-corrected chi connectivity index (χ0v) is 16.7. The molecule has 3 rings (SSSR count). The van der Waals surface area contributed by atoms with Crippen LogP contribution in [-0.2, 0) is 14.8 Å². The van der Waals surface area contributed by atoms with Gasteiger partial charge in [-0.3, -0.25) is 4.79 Å². The highest BCUT2D eigenvalue weighted by Crippen LogP contribution is 2.29. The molecule has 0 aliphatic rings. The smallest absolute Gasteiger partial charge is 0.244 e. The van der Waals surface area contributed by atoms with Crippen LogP contribution in [-0.4, -0.2) is 21.4 Å². The summed E-state index contributed by atoms with van der Waals surface area (Å²) < 4.78 is 33.9. The fourth-order valence-corrected chi connectivity index (χ4v) is 4.44. The normalized spacial score (nSPS) is 12.5. The Hall–Kier alpha value is -2.90. The Balaban J connectivity index is 1.92. The largest absolute Gasteiger partial charge is 0.495 e. The molecule has 1 unspecified atom stereocenters. The SMILES string of the molecule is COc1ccc(NC(C)=O)cc1S(=O)(=O)NC(C)c1ccc2ccccc2c1. The monoisotopic (exact) mass is 398 g/mol. The van der Waals surface area contributed by atoms with E-state index in [0.29, 0.717) is 5.69 Å². The maximum atomic E-state index is 13.0. The molecule has 2 N–H and O–H groups in total. The van der Waals surface area contributed by atoms with Crippen molar-refractivity contribution in [1.82, 2.24) is 4.72 Å². The van der Waals surface area contributed by atoms with Crippen LogP contribution < -0.4 is 14.8 Å². The molecule has 0 fully saturated rings. The Morgan fingerprint density at radius 3 is 2.39 bits per heavy atom. The highest BCUT2D eigenvalue weighted by Gasteiger charge is 2.23. The van der Waals surface area contributed by atoms with Gasteiger partial charge in [-0.25, -0.2) is 13.1 Å². The topological polar surface area (TPSA) is 84.5 Å². The van der Waals surface area contributed by atoms with E-state index < -0.39 is 16.1 Å². The Kier molecular flexibility index (Phi) is 5.67. The molecule has 0 bridgehead atoms. The Bertz CT molecular complexity index is 1130. The van der Waals surface area contributed by atoms with E-state index in [1.807, 2.05) is 42.5 Å². The minimum Gasteiger partial charge on any atom is -0.495 e. The Morgan fingerprint density at radius 1 is 1.00 bits per heavy atom. The lowest BCUT2D eigenvalue weighted by Crippen LogP contribution is -2.27. The number of nitrogens with one attached hydrogen (secondary N) is 2. The zero-order chi connectivity index (χ0) is 20.3. The van der Waals surface area contributed by atoms with E-state index in [1.54, 1.807) is 13.0 Å². The molecule has 3 aromatic rings. The Morgan fingerprint density at radius 2 is 1.71 bits per heavy atom. The van der Waals surface area contributed by atoms with E-state index in [1.165, 1.54) is 26.2 Å². The number of rotatable bonds is 6. The van der Waals surface area contributed by atoms with Crippen molar-refractivity contribution in [2.45, 2.75) is 24.8 Å². The summed E-state index contributed by atoms with van der Waals surface area (Å²) in [6.45, 7) is 3.14.